The van der Waals surface area contributed by atoms with E-state index in [1.165, 1.54) is 12.1 Å². The lowest BCUT2D eigenvalue weighted by molar-refractivity contribution is 0.628. The molecule has 0 aliphatic carbocycles. The van der Waals surface area contributed by atoms with Gasteiger partial charge in [0.25, 0.3) is 5.56 Å². The zero-order valence-electron chi connectivity index (χ0n) is 15.1. The van der Waals surface area contributed by atoms with E-state index in [1.54, 1.807) is 51.9 Å². The Bertz CT molecular complexity index is 1410. The lowest BCUT2D eigenvalue weighted by atomic mass is 10.1. The number of hydrogen-bond donors (Lipinski definition) is 0. The maximum atomic E-state index is 13.2. The van der Waals surface area contributed by atoms with Gasteiger partial charge in [0, 0.05) is 23.0 Å². The van der Waals surface area contributed by atoms with Crippen LogP contribution in [-0.2, 0) is 6.54 Å². The van der Waals surface area contributed by atoms with Gasteiger partial charge in [-0.1, -0.05) is 35.9 Å². The lowest BCUT2D eigenvalue weighted by Crippen LogP contribution is -2.21. The Labute approximate surface area is 169 Å². The highest BCUT2D eigenvalue weighted by atomic mass is 35.5. The summed E-state index contributed by atoms with van der Waals surface area (Å²) in [5, 5.41) is 5.54. The Kier molecular flexibility index (Phi) is 4.14. The van der Waals surface area contributed by atoms with Gasteiger partial charge >= 0.3 is 0 Å². The maximum Gasteiger partial charge on any atom is 0.261 e. The summed E-state index contributed by atoms with van der Waals surface area (Å²) in [6.07, 6.45) is 4.99. The third-order valence-corrected chi connectivity index (χ3v) is 5.14. The Morgan fingerprint density at radius 2 is 1.72 bits per heavy atom. The second kappa shape index (κ2) is 6.83. The Hall–Kier alpha value is -3.51. The quantitative estimate of drug-likeness (QED) is 0.443. The third kappa shape index (κ3) is 3.07. The lowest BCUT2D eigenvalue weighted by Gasteiger charge is -2.08. The van der Waals surface area contributed by atoms with Crippen molar-refractivity contribution >= 4 is 28.2 Å². The molecule has 2 aromatic carbocycles. The summed E-state index contributed by atoms with van der Waals surface area (Å²) in [6.45, 7) is 0.434. The fourth-order valence-electron chi connectivity index (χ4n) is 3.40. The third-order valence-electron chi connectivity index (χ3n) is 4.89. The largest absolute Gasteiger partial charge is 0.310 e. The number of nitrogens with zero attached hydrogens (tertiary/aromatic N) is 4. The Morgan fingerprint density at radius 3 is 2.48 bits per heavy atom. The van der Waals surface area contributed by atoms with E-state index in [0.29, 0.717) is 28.1 Å². The Morgan fingerprint density at radius 1 is 0.966 bits per heavy atom. The number of fused-ring (bicyclic) bond motifs is 3. The normalized spacial score (nSPS) is 11.4. The molecule has 5 aromatic rings. The summed E-state index contributed by atoms with van der Waals surface area (Å²) < 4.78 is 16.5. The predicted octanol–water partition coefficient (Wildman–Crippen LogP) is 4.55. The van der Waals surface area contributed by atoms with Crippen LogP contribution in [0.15, 0.2) is 78.0 Å². The standard InChI is InChI=1S/C22H14ClFN4O/c23-16-5-1-14(2-6-16)13-27-10-9-20-19(22(27)29)11-25-21-18(12-26-28(20)21)15-3-7-17(24)8-4-15/h1-12H,13H2. The molecule has 29 heavy (non-hydrogen) atoms. The van der Waals surface area contributed by atoms with Crippen molar-refractivity contribution in [2.75, 3.05) is 0 Å². The number of hydrogen-bond acceptors (Lipinski definition) is 3. The first-order valence-electron chi connectivity index (χ1n) is 8.96. The second-order valence-corrected chi connectivity index (χ2v) is 7.17. The van der Waals surface area contributed by atoms with Gasteiger partial charge in [-0.15, -0.1) is 0 Å². The van der Waals surface area contributed by atoms with Gasteiger partial charge in [0.15, 0.2) is 5.65 Å². The SMILES string of the molecule is O=c1c2cnc3c(-c4ccc(F)cc4)cnn3c2ccn1Cc1ccc(Cl)cc1. The topological polar surface area (TPSA) is 52.2 Å². The summed E-state index contributed by atoms with van der Waals surface area (Å²) in [5.74, 6) is -0.301. The molecule has 0 saturated heterocycles. The van der Waals surface area contributed by atoms with Gasteiger partial charge in [0.05, 0.1) is 23.6 Å². The molecule has 5 rings (SSSR count). The van der Waals surface area contributed by atoms with Gasteiger partial charge in [0.1, 0.15) is 5.82 Å². The predicted molar refractivity (Wildman–Crippen MR) is 111 cm³/mol. The van der Waals surface area contributed by atoms with Crippen LogP contribution in [0.1, 0.15) is 5.56 Å². The van der Waals surface area contributed by atoms with Crippen LogP contribution in [0.25, 0.3) is 27.7 Å². The van der Waals surface area contributed by atoms with Crippen LogP contribution in [0.2, 0.25) is 5.02 Å². The van der Waals surface area contributed by atoms with Crippen molar-refractivity contribution in [3.63, 3.8) is 0 Å². The van der Waals surface area contributed by atoms with Crippen molar-refractivity contribution in [2.24, 2.45) is 0 Å². The minimum Gasteiger partial charge on any atom is -0.310 e. The zero-order valence-corrected chi connectivity index (χ0v) is 15.8. The van der Waals surface area contributed by atoms with Gasteiger partial charge in [-0.05, 0) is 41.5 Å². The summed E-state index contributed by atoms with van der Waals surface area (Å²) in [6, 6.07) is 15.4. The van der Waals surface area contributed by atoms with E-state index in [-0.39, 0.29) is 11.4 Å². The first kappa shape index (κ1) is 17.6. The molecule has 7 heteroatoms. The molecule has 142 valence electrons. The van der Waals surface area contributed by atoms with Crippen molar-refractivity contribution in [3.05, 3.63) is 99.9 Å². The highest BCUT2D eigenvalue weighted by Crippen LogP contribution is 2.25. The molecule has 5 nitrogen and oxygen atoms in total. The van der Waals surface area contributed by atoms with Gasteiger partial charge in [-0.3, -0.25) is 4.79 Å². The molecule has 0 unspecified atom stereocenters. The van der Waals surface area contributed by atoms with Crippen LogP contribution in [0, 0.1) is 5.82 Å². The van der Waals surface area contributed by atoms with Crippen LogP contribution < -0.4 is 5.56 Å². The smallest absolute Gasteiger partial charge is 0.261 e. The average molecular weight is 405 g/mol. The minimum atomic E-state index is -0.301. The van der Waals surface area contributed by atoms with Crippen molar-refractivity contribution in [1.82, 2.24) is 19.2 Å². The van der Waals surface area contributed by atoms with E-state index in [4.69, 9.17) is 11.6 Å². The molecule has 0 amide bonds. The fraction of sp³-hybridized carbons (Fsp3) is 0.0455. The molecule has 0 atom stereocenters. The van der Waals surface area contributed by atoms with Crippen LogP contribution in [-0.4, -0.2) is 19.2 Å². The van der Waals surface area contributed by atoms with Gasteiger partial charge in [-0.25, -0.2) is 13.9 Å². The summed E-state index contributed by atoms with van der Waals surface area (Å²) in [4.78, 5) is 17.4. The summed E-state index contributed by atoms with van der Waals surface area (Å²) in [7, 11) is 0. The van der Waals surface area contributed by atoms with E-state index < -0.39 is 0 Å². The molecular weight excluding hydrogens is 391 g/mol. The van der Waals surface area contributed by atoms with E-state index in [2.05, 4.69) is 10.1 Å². The average Bonchev–Trinajstić information content (AvgIpc) is 3.17. The van der Waals surface area contributed by atoms with Gasteiger partial charge < -0.3 is 4.57 Å². The number of rotatable bonds is 3. The second-order valence-electron chi connectivity index (χ2n) is 6.73. The number of aromatic nitrogens is 4. The first-order valence-corrected chi connectivity index (χ1v) is 9.34. The fourth-order valence-corrected chi connectivity index (χ4v) is 3.53. The molecule has 0 spiro atoms. The minimum absolute atomic E-state index is 0.148. The van der Waals surface area contributed by atoms with Gasteiger partial charge in [0.2, 0.25) is 0 Å². The highest BCUT2D eigenvalue weighted by Gasteiger charge is 2.13. The summed E-state index contributed by atoms with van der Waals surface area (Å²) >= 11 is 5.93. The molecule has 3 aromatic heterocycles. The molecule has 0 N–H and O–H groups in total. The highest BCUT2D eigenvalue weighted by molar-refractivity contribution is 6.30. The van der Waals surface area contributed by atoms with Crippen molar-refractivity contribution in [1.29, 1.82) is 0 Å². The summed E-state index contributed by atoms with van der Waals surface area (Å²) in [5.41, 5.74) is 3.69. The van der Waals surface area contributed by atoms with E-state index >= 15 is 0 Å². The molecule has 0 radical (unpaired) electrons. The Balaban J connectivity index is 1.61. The molecular formula is C22H14ClFN4O. The van der Waals surface area contributed by atoms with E-state index in [0.717, 1.165) is 16.7 Å². The maximum absolute atomic E-state index is 13.2. The molecule has 0 bridgehead atoms. The van der Waals surface area contributed by atoms with Crippen molar-refractivity contribution in [3.8, 4) is 11.1 Å². The molecule has 0 fully saturated rings. The molecule has 3 heterocycles. The van der Waals surface area contributed by atoms with E-state index in [1.807, 2.05) is 18.2 Å². The number of benzene rings is 2. The van der Waals surface area contributed by atoms with E-state index in [9.17, 15) is 9.18 Å². The molecule has 0 aliphatic heterocycles. The number of pyridine rings is 1. The van der Waals surface area contributed by atoms with Crippen molar-refractivity contribution in [2.45, 2.75) is 6.54 Å². The van der Waals surface area contributed by atoms with Crippen LogP contribution in [0.4, 0.5) is 4.39 Å². The zero-order chi connectivity index (χ0) is 20.0. The molecule has 0 saturated carbocycles. The van der Waals surface area contributed by atoms with Crippen LogP contribution in [0.3, 0.4) is 0 Å². The first-order chi connectivity index (χ1) is 14.1. The monoisotopic (exact) mass is 404 g/mol. The number of halogens is 2. The van der Waals surface area contributed by atoms with Gasteiger partial charge in [-0.2, -0.15) is 5.10 Å². The molecule has 0 aliphatic rings. The van der Waals surface area contributed by atoms with Crippen LogP contribution in [0.5, 0.6) is 0 Å². The van der Waals surface area contributed by atoms with Crippen LogP contribution >= 0.6 is 11.6 Å². The van der Waals surface area contributed by atoms with Crippen molar-refractivity contribution < 1.29 is 4.39 Å².